The van der Waals surface area contributed by atoms with E-state index in [9.17, 15) is 4.79 Å². The molecule has 2 rings (SSSR count). The third kappa shape index (κ3) is 3.08. The molecular weight excluding hydrogens is 316 g/mol. The highest BCUT2D eigenvalue weighted by atomic mass is 79.9. The molecular formula is C12H11BrN2O2S. The Bertz CT molecular complexity index is 583. The number of nitrogens with one attached hydrogen (secondary N) is 1. The fourth-order valence-electron chi connectivity index (χ4n) is 1.52. The molecule has 2 N–H and O–H groups in total. The van der Waals surface area contributed by atoms with E-state index in [0.717, 1.165) is 14.4 Å². The van der Waals surface area contributed by atoms with Crippen LogP contribution in [0.4, 0.5) is 5.69 Å². The number of carboxylic acid groups (broad SMARTS) is 1. The molecule has 0 aliphatic heterocycles. The van der Waals surface area contributed by atoms with Crippen LogP contribution in [0.25, 0.3) is 0 Å². The number of benzene rings is 1. The highest BCUT2D eigenvalue weighted by molar-refractivity contribution is 9.10. The van der Waals surface area contributed by atoms with Crippen LogP contribution in [-0.2, 0) is 6.54 Å². The molecule has 0 bridgehead atoms. The predicted octanol–water partition coefficient (Wildman–Crippen LogP) is 3.52. The Morgan fingerprint density at radius 2 is 2.33 bits per heavy atom. The van der Waals surface area contributed by atoms with Crippen molar-refractivity contribution in [3.63, 3.8) is 0 Å². The molecule has 0 saturated carbocycles. The second-order valence-electron chi connectivity index (χ2n) is 3.69. The Hall–Kier alpha value is -1.40. The molecule has 0 radical (unpaired) electrons. The quantitative estimate of drug-likeness (QED) is 0.902. The van der Waals surface area contributed by atoms with Crippen molar-refractivity contribution in [3.8, 4) is 0 Å². The lowest BCUT2D eigenvalue weighted by molar-refractivity contribution is 0.0698. The van der Waals surface area contributed by atoms with E-state index in [4.69, 9.17) is 5.11 Å². The summed E-state index contributed by atoms with van der Waals surface area (Å²) >= 11 is 4.86. The molecule has 0 saturated heterocycles. The van der Waals surface area contributed by atoms with E-state index >= 15 is 0 Å². The fourth-order valence-corrected chi connectivity index (χ4v) is 2.61. The summed E-state index contributed by atoms with van der Waals surface area (Å²) in [6.07, 6.45) is 1.80. The standard InChI is InChI=1S/C12H11BrN2O2S/c1-7-14-5-9(18-7)6-15-11-3-2-8(13)4-10(11)12(16)17/h2-5,15H,6H2,1H3,(H,16,17). The van der Waals surface area contributed by atoms with Crippen LogP contribution in [0.3, 0.4) is 0 Å². The average molecular weight is 327 g/mol. The number of aromatic carboxylic acids is 1. The van der Waals surface area contributed by atoms with Crippen molar-refractivity contribution >= 4 is 38.9 Å². The van der Waals surface area contributed by atoms with E-state index in [1.165, 1.54) is 0 Å². The molecule has 4 nitrogen and oxygen atoms in total. The zero-order valence-electron chi connectivity index (χ0n) is 9.61. The number of aromatic nitrogens is 1. The van der Waals surface area contributed by atoms with Crippen molar-refractivity contribution in [1.82, 2.24) is 4.98 Å². The van der Waals surface area contributed by atoms with Gasteiger partial charge in [-0.3, -0.25) is 0 Å². The molecule has 0 fully saturated rings. The second kappa shape index (κ2) is 5.49. The van der Waals surface area contributed by atoms with Gasteiger partial charge in [0.15, 0.2) is 0 Å². The number of carboxylic acids is 1. The minimum Gasteiger partial charge on any atom is -0.478 e. The summed E-state index contributed by atoms with van der Waals surface area (Å²) in [6.45, 7) is 2.52. The molecule has 0 amide bonds. The number of carbonyl (C=O) groups is 1. The van der Waals surface area contributed by atoms with Crippen LogP contribution in [0.15, 0.2) is 28.9 Å². The summed E-state index contributed by atoms with van der Waals surface area (Å²) in [7, 11) is 0. The van der Waals surface area contributed by atoms with Crippen LogP contribution in [0.5, 0.6) is 0 Å². The molecule has 1 aromatic heterocycles. The first-order chi connectivity index (χ1) is 8.56. The van der Waals surface area contributed by atoms with Gasteiger partial charge in [0.05, 0.1) is 17.1 Å². The largest absolute Gasteiger partial charge is 0.478 e. The SMILES string of the molecule is Cc1ncc(CNc2ccc(Br)cc2C(=O)O)s1. The van der Waals surface area contributed by atoms with E-state index in [1.54, 1.807) is 29.7 Å². The summed E-state index contributed by atoms with van der Waals surface area (Å²) in [6, 6.07) is 5.15. The monoisotopic (exact) mass is 326 g/mol. The van der Waals surface area contributed by atoms with E-state index < -0.39 is 5.97 Å². The molecule has 0 aliphatic carbocycles. The zero-order valence-corrected chi connectivity index (χ0v) is 12.0. The number of aryl methyl sites for hydroxylation is 1. The van der Waals surface area contributed by atoms with E-state index in [2.05, 4.69) is 26.2 Å². The van der Waals surface area contributed by atoms with E-state index in [-0.39, 0.29) is 5.56 Å². The van der Waals surface area contributed by atoms with Crippen LogP contribution in [0.2, 0.25) is 0 Å². The summed E-state index contributed by atoms with van der Waals surface area (Å²) < 4.78 is 0.749. The molecule has 0 aliphatic rings. The molecule has 2 aromatic rings. The second-order valence-corrected chi connectivity index (χ2v) is 5.93. The summed E-state index contributed by atoms with van der Waals surface area (Å²) in [5.74, 6) is -0.945. The molecule has 1 aromatic carbocycles. The van der Waals surface area contributed by atoms with Gasteiger partial charge in [-0.1, -0.05) is 15.9 Å². The maximum Gasteiger partial charge on any atom is 0.337 e. The third-order valence-electron chi connectivity index (χ3n) is 2.33. The van der Waals surface area contributed by atoms with Crippen LogP contribution in [0.1, 0.15) is 20.2 Å². The van der Waals surface area contributed by atoms with Gasteiger partial charge < -0.3 is 10.4 Å². The lowest BCUT2D eigenvalue weighted by atomic mass is 10.2. The summed E-state index contributed by atoms with van der Waals surface area (Å²) in [5.41, 5.74) is 0.863. The maximum atomic E-state index is 11.1. The van der Waals surface area contributed by atoms with Crippen LogP contribution in [-0.4, -0.2) is 16.1 Å². The van der Waals surface area contributed by atoms with Crippen molar-refractivity contribution in [3.05, 3.63) is 44.3 Å². The minimum atomic E-state index is -0.945. The van der Waals surface area contributed by atoms with Gasteiger partial charge in [-0.05, 0) is 25.1 Å². The smallest absolute Gasteiger partial charge is 0.337 e. The van der Waals surface area contributed by atoms with E-state index in [0.29, 0.717) is 12.2 Å². The van der Waals surface area contributed by atoms with Crippen molar-refractivity contribution in [2.45, 2.75) is 13.5 Å². The number of anilines is 1. The van der Waals surface area contributed by atoms with Crippen LogP contribution in [0, 0.1) is 6.92 Å². The van der Waals surface area contributed by atoms with Crippen molar-refractivity contribution in [2.75, 3.05) is 5.32 Å². The third-order valence-corrected chi connectivity index (χ3v) is 3.74. The first-order valence-corrected chi connectivity index (χ1v) is 6.85. The number of hydrogen-bond acceptors (Lipinski definition) is 4. The van der Waals surface area contributed by atoms with Gasteiger partial charge in [0.1, 0.15) is 0 Å². The van der Waals surface area contributed by atoms with Crippen molar-refractivity contribution in [1.29, 1.82) is 0 Å². The Morgan fingerprint density at radius 3 is 2.94 bits per heavy atom. The van der Waals surface area contributed by atoms with Gasteiger partial charge in [-0.25, -0.2) is 9.78 Å². The highest BCUT2D eigenvalue weighted by Gasteiger charge is 2.10. The molecule has 1 heterocycles. The van der Waals surface area contributed by atoms with Crippen molar-refractivity contribution in [2.24, 2.45) is 0 Å². The van der Waals surface area contributed by atoms with Gasteiger partial charge in [0.25, 0.3) is 0 Å². The Morgan fingerprint density at radius 1 is 1.56 bits per heavy atom. The van der Waals surface area contributed by atoms with Crippen LogP contribution >= 0.6 is 27.3 Å². The molecule has 0 atom stereocenters. The summed E-state index contributed by atoms with van der Waals surface area (Å²) in [5, 5.41) is 13.2. The Kier molecular flexibility index (Phi) is 3.98. The Labute approximate surface area is 117 Å². The van der Waals surface area contributed by atoms with Gasteiger partial charge >= 0.3 is 5.97 Å². The molecule has 94 valence electrons. The normalized spacial score (nSPS) is 10.3. The lowest BCUT2D eigenvalue weighted by Gasteiger charge is -2.08. The number of thiazole rings is 1. The van der Waals surface area contributed by atoms with Crippen molar-refractivity contribution < 1.29 is 9.90 Å². The molecule has 0 unspecified atom stereocenters. The van der Waals surface area contributed by atoms with Gasteiger partial charge in [-0.2, -0.15) is 0 Å². The zero-order chi connectivity index (χ0) is 13.1. The number of rotatable bonds is 4. The first-order valence-electron chi connectivity index (χ1n) is 5.24. The number of nitrogens with zero attached hydrogens (tertiary/aromatic N) is 1. The highest BCUT2D eigenvalue weighted by Crippen LogP contribution is 2.22. The minimum absolute atomic E-state index is 0.255. The van der Waals surface area contributed by atoms with Gasteiger partial charge in [-0.15, -0.1) is 11.3 Å². The topological polar surface area (TPSA) is 62.2 Å². The van der Waals surface area contributed by atoms with Crippen LogP contribution < -0.4 is 5.32 Å². The molecule has 6 heteroatoms. The predicted molar refractivity (Wildman–Crippen MR) is 75.3 cm³/mol. The number of hydrogen-bond donors (Lipinski definition) is 2. The first kappa shape index (κ1) is 13.0. The average Bonchev–Trinajstić information content (AvgIpc) is 2.73. The van der Waals surface area contributed by atoms with E-state index in [1.807, 2.05) is 13.0 Å². The van der Waals surface area contributed by atoms with Gasteiger partial charge in [0.2, 0.25) is 0 Å². The van der Waals surface area contributed by atoms with Gasteiger partial charge in [0, 0.05) is 21.2 Å². The lowest BCUT2D eigenvalue weighted by Crippen LogP contribution is -2.05. The fraction of sp³-hybridized carbons (Fsp3) is 0.167. The Balaban J connectivity index is 2.16. The summed E-state index contributed by atoms with van der Waals surface area (Å²) in [4.78, 5) is 16.3. The molecule has 18 heavy (non-hydrogen) atoms. The molecule has 0 spiro atoms. The maximum absolute atomic E-state index is 11.1. The number of halogens is 1.